The lowest BCUT2D eigenvalue weighted by molar-refractivity contribution is -0.117. The van der Waals surface area contributed by atoms with Crippen molar-refractivity contribution in [2.75, 3.05) is 0 Å². The van der Waals surface area contributed by atoms with Crippen molar-refractivity contribution < 1.29 is 9.59 Å². The predicted octanol–water partition coefficient (Wildman–Crippen LogP) is 0.494. The van der Waals surface area contributed by atoms with E-state index < -0.39 is 11.5 Å². The van der Waals surface area contributed by atoms with E-state index in [1.165, 1.54) is 0 Å². The van der Waals surface area contributed by atoms with Crippen LogP contribution in [0.25, 0.3) is 0 Å². The molecule has 1 aliphatic rings. The second-order valence-corrected chi connectivity index (χ2v) is 2.23. The Hall–Kier alpha value is -1.25. The van der Waals surface area contributed by atoms with Crippen molar-refractivity contribution in [3.8, 4) is 0 Å². The summed E-state index contributed by atoms with van der Waals surface area (Å²) in [6.07, 6.45) is 0.684. The van der Waals surface area contributed by atoms with Crippen LogP contribution >= 0.6 is 0 Å². The van der Waals surface area contributed by atoms with E-state index in [4.69, 9.17) is 5.41 Å². The Morgan fingerprint density at radius 3 is 2.40 bits per heavy atom. The first kappa shape index (κ1) is 6.86. The second-order valence-electron chi connectivity index (χ2n) is 2.23. The molecular formula is C7H7NO2. The van der Waals surface area contributed by atoms with Gasteiger partial charge in [-0.1, -0.05) is 6.58 Å². The monoisotopic (exact) mass is 137 g/mol. The van der Waals surface area contributed by atoms with Crippen molar-refractivity contribution in [1.29, 1.82) is 5.41 Å². The highest BCUT2D eigenvalue weighted by atomic mass is 16.2. The number of Topliss-reactive ketones (excluding diaryl/α,β-unsaturated/α-hetero) is 2. The molecule has 0 aromatic carbocycles. The summed E-state index contributed by atoms with van der Waals surface area (Å²) in [6, 6.07) is 0. The maximum Gasteiger partial charge on any atom is 0.209 e. The lowest BCUT2D eigenvalue weighted by Crippen LogP contribution is -2.29. The van der Waals surface area contributed by atoms with E-state index in [9.17, 15) is 9.59 Å². The van der Waals surface area contributed by atoms with E-state index in [2.05, 4.69) is 6.58 Å². The Morgan fingerprint density at radius 2 is 1.90 bits per heavy atom. The van der Waals surface area contributed by atoms with Gasteiger partial charge in [0, 0.05) is 6.42 Å². The maximum absolute atomic E-state index is 10.8. The molecule has 0 amide bonds. The summed E-state index contributed by atoms with van der Waals surface area (Å²) in [5.41, 5.74) is -0.0270. The summed E-state index contributed by atoms with van der Waals surface area (Å²) in [5, 5.41) is 6.97. The standard InChI is InChI=1S/C7H7NO2/c1-4-2-3-5(9)6(8)7(4)10/h8H,1-3H2. The molecule has 3 heteroatoms. The molecule has 52 valence electrons. The molecule has 0 aliphatic heterocycles. The summed E-state index contributed by atoms with van der Waals surface area (Å²) in [5.74, 6) is -0.853. The van der Waals surface area contributed by atoms with Crippen molar-refractivity contribution in [3.63, 3.8) is 0 Å². The number of hydrogen-bond acceptors (Lipinski definition) is 3. The molecule has 0 bridgehead atoms. The van der Waals surface area contributed by atoms with Crippen LogP contribution in [-0.4, -0.2) is 17.3 Å². The number of carbonyl (C=O) groups excluding carboxylic acids is 2. The number of allylic oxidation sites excluding steroid dienone is 1. The van der Waals surface area contributed by atoms with E-state index in [-0.39, 0.29) is 12.2 Å². The third-order valence-electron chi connectivity index (χ3n) is 1.48. The van der Waals surface area contributed by atoms with Gasteiger partial charge >= 0.3 is 0 Å². The van der Waals surface area contributed by atoms with Crippen molar-refractivity contribution in [2.24, 2.45) is 0 Å². The van der Waals surface area contributed by atoms with Gasteiger partial charge < -0.3 is 0 Å². The Kier molecular flexibility index (Phi) is 1.49. The first-order valence-electron chi connectivity index (χ1n) is 2.97. The summed E-state index contributed by atoms with van der Waals surface area (Å²) in [4.78, 5) is 21.5. The molecule has 0 radical (unpaired) electrons. The zero-order valence-corrected chi connectivity index (χ0v) is 5.44. The van der Waals surface area contributed by atoms with Gasteiger partial charge in [0.05, 0.1) is 0 Å². The predicted molar refractivity (Wildman–Crippen MR) is 36.1 cm³/mol. The van der Waals surface area contributed by atoms with E-state index in [1.807, 2.05) is 0 Å². The Morgan fingerprint density at radius 1 is 1.30 bits per heavy atom. The SMILES string of the molecule is C=C1CCC(=O)C(=N)C1=O. The molecule has 0 saturated heterocycles. The Balaban J connectivity index is 2.90. The highest BCUT2D eigenvalue weighted by Crippen LogP contribution is 2.12. The Bertz CT molecular complexity index is 214. The highest BCUT2D eigenvalue weighted by molar-refractivity contribution is 6.69. The van der Waals surface area contributed by atoms with Gasteiger partial charge in [-0.15, -0.1) is 0 Å². The molecule has 1 fully saturated rings. The lowest BCUT2D eigenvalue weighted by Gasteiger charge is -2.09. The molecule has 1 saturated carbocycles. The molecule has 10 heavy (non-hydrogen) atoms. The van der Waals surface area contributed by atoms with Gasteiger partial charge in [-0.25, -0.2) is 0 Å². The van der Waals surface area contributed by atoms with E-state index in [0.717, 1.165) is 0 Å². The van der Waals surface area contributed by atoms with E-state index >= 15 is 0 Å². The maximum atomic E-state index is 10.8. The molecule has 0 heterocycles. The van der Waals surface area contributed by atoms with Crippen LogP contribution in [0, 0.1) is 5.41 Å². The van der Waals surface area contributed by atoms with Crippen LogP contribution in [0.5, 0.6) is 0 Å². The minimum Gasteiger partial charge on any atom is -0.294 e. The number of carbonyl (C=O) groups is 2. The van der Waals surface area contributed by atoms with Crippen LogP contribution < -0.4 is 0 Å². The van der Waals surface area contributed by atoms with Crippen LogP contribution in [0.4, 0.5) is 0 Å². The minimum absolute atomic E-state index is 0.267. The quantitative estimate of drug-likeness (QED) is 0.494. The molecule has 0 aromatic heterocycles. The fourth-order valence-corrected chi connectivity index (χ4v) is 0.806. The zero-order chi connectivity index (χ0) is 7.72. The lowest BCUT2D eigenvalue weighted by atomic mass is 9.92. The normalized spacial score (nSPS) is 20.0. The van der Waals surface area contributed by atoms with E-state index in [1.54, 1.807) is 0 Å². The highest BCUT2D eigenvalue weighted by Gasteiger charge is 2.25. The first-order chi connectivity index (χ1) is 4.63. The topological polar surface area (TPSA) is 58.0 Å². The molecule has 1 N–H and O–H groups in total. The van der Waals surface area contributed by atoms with Gasteiger partial charge in [0.25, 0.3) is 0 Å². The van der Waals surface area contributed by atoms with Gasteiger partial charge in [0.1, 0.15) is 5.71 Å². The molecule has 1 aliphatic carbocycles. The summed E-state index contributed by atoms with van der Waals surface area (Å²) < 4.78 is 0. The molecule has 0 spiro atoms. The second kappa shape index (κ2) is 2.17. The van der Waals surface area contributed by atoms with Gasteiger partial charge in [0.15, 0.2) is 5.78 Å². The van der Waals surface area contributed by atoms with Crippen LogP contribution in [0.15, 0.2) is 12.2 Å². The number of ketones is 2. The molecular weight excluding hydrogens is 130 g/mol. The molecule has 1 rings (SSSR count). The zero-order valence-electron chi connectivity index (χ0n) is 5.44. The molecule has 0 atom stereocenters. The average molecular weight is 137 g/mol. The van der Waals surface area contributed by atoms with Gasteiger partial charge in [-0.05, 0) is 12.0 Å². The van der Waals surface area contributed by atoms with Gasteiger partial charge in [0.2, 0.25) is 5.78 Å². The van der Waals surface area contributed by atoms with Gasteiger partial charge in [-0.2, -0.15) is 0 Å². The minimum atomic E-state index is -0.490. The van der Waals surface area contributed by atoms with Crippen LogP contribution in [0.3, 0.4) is 0 Å². The van der Waals surface area contributed by atoms with Crippen molar-refractivity contribution in [2.45, 2.75) is 12.8 Å². The fourth-order valence-electron chi connectivity index (χ4n) is 0.806. The van der Waals surface area contributed by atoms with Crippen molar-refractivity contribution in [1.82, 2.24) is 0 Å². The molecule has 0 unspecified atom stereocenters. The van der Waals surface area contributed by atoms with Crippen LogP contribution in [0.1, 0.15) is 12.8 Å². The summed E-state index contributed by atoms with van der Waals surface area (Å²) in [7, 11) is 0. The number of rotatable bonds is 0. The van der Waals surface area contributed by atoms with Crippen LogP contribution in [0.2, 0.25) is 0 Å². The fraction of sp³-hybridized carbons (Fsp3) is 0.286. The number of hydrogen-bond donors (Lipinski definition) is 1. The first-order valence-corrected chi connectivity index (χ1v) is 2.97. The summed E-state index contributed by atoms with van der Waals surface area (Å²) >= 11 is 0. The number of nitrogens with one attached hydrogen (secondary N) is 1. The third-order valence-corrected chi connectivity index (χ3v) is 1.48. The Labute approximate surface area is 58.2 Å². The third kappa shape index (κ3) is 0.900. The largest absolute Gasteiger partial charge is 0.294 e. The van der Waals surface area contributed by atoms with Crippen molar-refractivity contribution >= 4 is 17.3 Å². The smallest absolute Gasteiger partial charge is 0.209 e. The summed E-state index contributed by atoms with van der Waals surface area (Å²) in [6.45, 7) is 3.44. The van der Waals surface area contributed by atoms with E-state index in [0.29, 0.717) is 12.0 Å². The van der Waals surface area contributed by atoms with Crippen LogP contribution in [-0.2, 0) is 9.59 Å². The van der Waals surface area contributed by atoms with Gasteiger partial charge in [-0.3, -0.25) is 15.0 Å². The van der Waals surface area contributed by atoms with Crippen molar-refractivity contribution in [3.05, 3.63) is 12.2 Å². The molecule has 0 aromatic rings. The molecule has 3 nitrogen and oxygen atoms in total. The average Bonchev–Trinajstić information content (AvgIpc) is 1.93.